The number of hydrogen-bond donors (Lipinski definition) is 0. The zero-order valence-electron chi connectivity index (χ0n) is 18.1. The van der Waals surface area contributed by atoms with Gasteiger partial charge in [-0.15, -0.1) is 0 Å². The van der Waals surface area contributed by atoms with Gasteiger partial charge in [-0.3, -0.25) is 14.4 Å². The molecule has 2 heterocycles. The Kier molecular flexibility index (Phi) is 7.25. The molecule has 2 aromatic rings. The van der Waals surface area contributed by atoms with Crippen LogP contribution in [-0.4, -0.2) is 60.2 Å². The van der Waals surface area contributed by atoms with Gasteiger partial charge in [0.1, 0.15) is 0 Å². The fraction of sp³-hybridized carbons (Fsp3) is 0.400. The molecule has 2 saturated heterocycles. The van der Waals surface area contributed by atoms with Crippen LogP contribution in [-0.2, 0) is 20.8 Å². The van der Waals surface area contributed by atoms with E-state index in [0.29, 0.717) is 39.1 Å². The van der Waals surface area contributed by atoms with E-state index in [4.69, 9.17) is 0 Å². The van der Waals surface area contributed by atoms with E-state index in [1.807, 2.05) is 52.3 Å². The number of piperazine rings is 1. The van der Waals surface area contributed by atoms with Crippen molar-refractivity contribution in [2.24, 2.45) is 5.92 Å². The van der Waals surface area contributed by atoms with E-state index >= 15 is 0 Å². The van der Waals surface area contributed by atoms with Crippen LogP contribution < -0.4 is 4.90 Å². The molecule has 0 spiro atoms. The van der Waals surface area contributed by atoms with Crippen molar-refractivity contribution in [3.05, 3.63) is 64.6 Å². The molecule has 2 fully saturated rings. The first-order valence-corrected chi connectivity index (χ1v) is 12.0. The highest BCUT2D eigenvalue weighted by Crippen LogP contribution is 2.32. The maximum atomic E-state index is 13.0. The number of benzene rings is 2. The Morgan fingerprint density at radius 2 is 1.56 bits per heavy atom. The number of para-hydroxylation sites is 1. The number of rotatable bonds is 6. The van der Waals surface area contributed by atoms with Gasteiger partial charge < -0.3 is 14.7 Å². The molecule has 0 N–H and O–H groups in total. The molecule has 2 aliphatic rings. The summed E-state index contributed by atoms with van der Waals surface area (Å²) in [7, 11) is 0. The highest BCUT2D eigenvalue weighted by Gasteiger charge is 2.38. The predicted octanol–water partition coefficient (Wildman–Crippen LogP) is 3.50. The molecule has 0 aromatic heterocycles. The molecule has 0 radical (unpaired) electrons. The van der Waals surface area contributed by atoms with Gasteiger partial charge in [-0.2, -0.15) is 0 Å². The highest BCUT2D eigenvalue weighted by molar-refractivity contribution is 9.10. The van der Waals surface area contributed by atoms with Gasteiger partial charge in [0.15, 0.2) is 0 Å². The number of amides is 3. The summed E-state index contributed by atoms with van der Waals surface area (Å²) in [4.78, 5) is 43.5. The molecule has 4 rings (SSSR count). The van der Waals surface area contributed by atoms with Crippen LogP contribution in [0.4, 0.5) is 5.69 Å². The lowest BCUT2D eigenvalue weighted by atomic mass is 10.1. The van der Waals surface area contributed by atoms with Crippen molar-refractivity contribution >= 4 is 39.3 Å². The third kappa shape index (κ3) is 5.21. The summed E-state index contributed by atoms with van der Waals surface area (Å²) in [6.45, 7) is 2.58. The van der Waals surface area contributed by atoms with Gasteiger partial charge in [0, 0.05) is 50.0 Å². The summed E-state index contributed by atoms with van der Waals surface area (Å²) in [5.74, 6) is -0.182. The van der Waals surface area contributed by atoms with E-state index in [-0.39, 0.29) is 30.1 Å². The molecule has 6 nitrogen and oxygen atoms in total. The summed E-state index contributed by atoms with van der Waals surface area (Å²) < 4.78 is 0.848. The van der Waals surface area contributed by atoms with Crippen molar-refractivity contribution in [1.29, 1.82) is 0 Å². The monoisotopic (exact) mass is 497 g/mol. The second-order valence-corrected chi connectivity index (χ2v) is 9.26. The lowest BCUT2D eigenvalue weighted by Crippen LogP contribution is -2.52. The van der Waals surface area contributed by atoms with E-state index in [9.17, 15) is 14.4 Å². The van der Waals surface area contributed by atoms with Crippen molar-refractivity contribution in [1.82, 2.24) is 9.80 Å². The first-order chi connectivity index (χ1) is 15.5. The molecule has 2 aliphatic heterocycles. The van der Waals surface area contributed by atoms with E-state index in [2.05, 4.69) is 28.1 Å². The van der Waals surface area contributed by atoms with Crippen LogP contribution in [0.15, 0.2) is 59.1 Å². The molecular weight excluding hydrogens is 470 g/mol. The van der Waals surface area contributed by atoms with Gasteiger partial charge in [-0.25, -0.2) is 0 Å². The molecule has 3 amide bonds. The molecule has 0 bridgehead atoms. The van der Waals surface area contributed by atoms with Gasteiger partial charge in [0.25, 0.3) is 0 Å². The van der Waals surface area contributed by atoms with Crippen molar-refractivity contribution in [3.8, 4) is 0 Å². The molecule has 0 aliphatic carbocycles. The Balaban J connectivity index is 1.24. The topological polar surface area (TPSA) is 60.9 Å². The maximum Gasteiger partial charge on any atom is 0.228 e. The lowest BCUT2D eigenvalue weighted by Gasteiger charge is -2.36. The maximum absolute atomic E-state index is 13.0. The minimum absolute atomic E-state index is 0.0177. The Hall–Kier alpha value is -2.67. The summed E-state index contributed by atoms with van der Waals surface area (Å²) in [6, 6.07) is 17.8. The summed E-state index contributed by atoms with van der Waals surface area (Å²) in [5.41, 5.74) is 2.05. The average molecular weight is 498 g/mol. The van der Waals surface area contributed by atoms with Crippen LogP contribution in [0.5, 0.6) is 0 Å². The number of carbonyl (C=O) groups is 3. The second-order valence-electron chi connectivity index (χ2n) is 8.40. The van der Waals surface area contributed by atoms with Gasteiger partial charge in [0.05, 0.1) is 11.6 Å². The van der Waals surface area contributed by atoms with E-state index < -0.39 is 0 Å². The average Bonchev–Trinajstić information content (AvgIpc) is 3.21. The molecule has 32 heavy (non-hydrogen) atoms. The zero-order valence-corrected chi connectivity index (χ0v) is 19.7. The first kappa shape index (κ1) is 22.5. The normalized spacial score (nSPS) is 18.8. The zero-order chi connectivity index (χ0) is 22.5. The Morgan fingerprint density at radius 1 is 0.906 bits per heavy atom. The lowest BCUT2D eigenvalue weighted by molar-refractivity contribution is -0.142. The quantitative estimate of drug-likeness (QED) is 0.613. The predicted molar refractivity (Wildman–Crippen MR) is 127 cm³/mol. The third-order valence-corrected chi connectivity index (χ3v) is 6.93. The number of carbonyl (C=O) groups excluding carboxylic acids is 3. The van der Waals surface area contributed by atoms with Crippen molar-refractivity contribution in [2.45, 2.75) is 25.7 Å². The number of aryl methyl sites for hydroxylation is 1. The van der Waals surface area contributed by atoms with Gasteiger partial charge in [-0.1, -0.05) is 42.5 Å². The summed E-state index contributed by atoms with van der Waals surface area (Å²) in [5, 5.41) is 0. The molecule has 1 atom stereocenters. The van der Waals surface area contributed by atoms with Crippen LogP contribution in [0.25, 0.3) is 0 Å². The first-order valence-electron chi connectivity index (χ1n) is 11.2. The SMILES string of the molecule is O=C(CCCc1ccccc1)N1CCN(C(=O)C2CC(=O)N(c3ccccc3Br)C2)CC1. The number of anilines is 1. The smallest absolute Gasteiger partial charge is 0.228 e. The van der Waals surface area contributed by atoms with Crippen LogP contribution in [0.3, 0.4) is 0 Å². The molecule has 1 unspecified atom stereocenters. The standard InChI is InChI=1S/C25H28BrN3O3/c26-21-10-4-5-11-22(21)29-18-20(17-24(29)31)25(32)28-15-13-27(14-16-28)23(30)12-6-9-19-7-2-1-3-8-19/h1-5,7-8,10-11,20H,6,9,12-18H2. The Morgan fingerprint density at radius 3 is 2.28 bits per heavy atom. The number of hydrogen-bond acceptors (Lipinski definition) is 3. The van der Waals surface area contributed by atoms with Gasteiger partial charge in [0.2, 0.25) is 17.7 Å². The summed E-state index contributed by atoms with van der Waals surface area (Å²) in [6.07, 6.45) is 2.49. The second kappa shape index (κ2) is 10.3. The largest absolute Gasteiger partial charge is 0.339 e. The van der Waals surface area contributed by atoms with E-state index in [1.165, 1.54) is 5.56 Å². The Bertz CT molecular complexity index is 973. The fourth-order valence-corrected chi connectivity index (χ4v) is 4.96. The minimum atomic E-state index is -0.331. The molecule has 7 heteroatoms. The van der Waals surface area contributed by atoms with Crippen LogP contribution >= 0.6 is 15.9 Å². The van der Waals surface area contributed by atoms with E-state index in [1.54, 1.807) is 4.90 Å². The number of nitrogens with zero attached hydrogens (tertiary/aromatic N) is 3. The van der Waals surface area contributed by atoms with Crippen molar-refractivity contribution < 1.29 is 14.4 Å². The third-order valence-electron chi connectivity index (χ3n) is 6.26. The van der Waals surface area contributed by atoms with E-state index in [0.717, 1.165) is 23.0 Å². The van der Waals surface area contributed by atoms with Crippen LogP contribution in [0, 0.1) is 5.92 Å². The van der Waals surface area contributed by atoms with Crippen LogP contribution in [0.2, 0.25) is 0 Å². The fourth-order valence-electron chi connectivity index (χ4n) is 4.46. The van der Waals surface area contributed by atoms with Crippen LogP contribution in [0.1, 0.15) is 24.8 Å². The van der Waals surface area contributed by atoms with Crippen molar-refractivity contribution in [3.63, 3.8) is 0 Å². The molecular formula is C25H28BrN3O3. The minimum Gasteiger partial charge on any atom is -0.339 e. The highest BCUT2D eigenvalue weighted by atomic mass is 79.9. The van der Waals surface area contributed by atoms with Gasteiger partial charge in [-0.05, 0) is 46.5 Å². The molecule has 0 saturated carbocycles. The molecule has 2 aromatic carbocycles. The Labute approximate surface area is 197 Å². The van der Waals surface area contributed by atoms with Gasteiger partial charge >= 0.3 is 0 Å². The number of halogens is 1. The summed E-state index contributed by atoms with van der Waals surface area (Å²) >= 11 is 3.49. The molecule has 168 valence electrons. The van der Waals surface area contributed by atoms with Crippen molar-refractivity contribution in [2.75, 3.05) is 37.6 Å².